The highest BCUT2D eigenvalue weighted by Gasteiger charge is 2.47. The molecule has 0 saturated carbocycles. The van der Waals surface area contributed by atoms with Gasteiger partial charge in [0.05, 0.1) is 34.6 Å². The van der Waals surface area contributed by atoms with Crippen molar-refractivity contribution in [2.75, 3.05) is 0 Å². The normalized spacial score (nSPS) is 13.8. The lowest BCUT2D eigenvalue weighted by Gasteiger charge is -2.34. The summed E-state index contributed by atoms with van der Waals surface area (Å²) >= 11 is 3.69. The van der Waals surface area contributed by atoms with Crippen molar-refractivity contribution in [1.29, 1.82) is 0 Å². The van der Waals surface area contributed by atoms with Crippen molar-refractivity contribution >= 4 is 15.9 Å². The van der Waals surface area contributed by atoms with Crippen LogP contribution in [0.3, 0.4) is 0 Å². The average Bonchev–Trinajstić information content (AvgIpc) is 3.84. The molecule has 0 fully saturated rings. The minimum atomic E-state index is -0.322. The Morgan fingerprint density at radius 2 is 0.824 bits per heavy atom. The molecule has 1 nitrogen and oxygen atoms in total. The molecule has 0 radical (unpaired) electrons. The average molecular weight is 942 g/mol. The van der Waals surface area contributed by atoms with Gasteiger partial charge in [0.2, 0.25) is 5.70 Å². The van der Waals surface area contributed by atoms with Crippen LogP contribution in [0, 0.1) is 13.0 Å². The van der Waals surface area contributed by atoms with E-state index in [1.165, 1.54) is 89.0 Å². The highest BCUT2D eigenvalue weighted by molar-refractivity contribution is 9.10. The van der Waals surface area contributed by atoms with E-state index >= 15 is 0 Å². The molecule has 12 rings (SSSR count). The number of allylic oxidation sites excluding steroid dienone is 5. The summed E-state index contributed by atoms with van der Waals surface area (Å²) in [5.41, 5.74) is 26.7. The molecule has 3 aliphatic rings. The lowest BCUT2D eigenvalue weighted by molar-refractivity contribution is 0.766. The fourth-order valence-electron chi connectivity index (χ4n) is 10.7. The molecule has 0 bridgehead atoms. The van der Waals surface area contributed by atoms with Crippen molar-refractivity contribution in [2.45, 2.75) is 38.5 Å². The first kappa shape index (κ1) is 45.5. The number of hydrogen-bond acceptors (Lipinski definition) is 1. The van der Waals surface area contributed by atoms with Gasteiger partial charge in [0, 0.05) is 4.47 Å². The molecule has 2 heteroatoms. The molecule has 3 aliphatic carbocycles. The highest BCUT2D eigenvalue weighted by Crippen LogP contribution is 2.57. The lowest BCUT2D eigenvalue weighted by atomic mass is 9.67. The first-order valence-electron chi connectivity index (χ1n) is 23.0. The molecule has 0 amide bonds. The van der Waals surface area contributed by atoms with E-state index in [0.717, 1.165) is 10.9 Å². The van der Waals surface area contributed by atoms with Gasteiger partial charge in [-0.3, -0.25) is 0 Å². The summed E-state index contributed by atoms with van der Waals surface area (Å²) in [4.78, 5) is 0. The van der Waals surface area contributed by atoms with Gasteiger partial charge in [-0.1, -0.05) is 247 Å². The van der Waals surface area contributed by atoms with Gasteiger partial charge in [-0.2, -0.15) is 0 Å². The van der Waals surface area contributed by atoms with E-state index < -0.39 is 0 Å². The van der Waals surface area contributed by atoms with Crippen molar-refractivity contribution in [1.82, 2.24) is 0 Å². The Bertz CT molecular complexity index is 3220. The molecule has 9 aromatic carbocycles. The molecule has 0 saturated heterocycles. The van der Waals surface area contributed by atoms with Crippen LogP contribution in [0.2, 0.25) is 0 Å². The molecular formula is C66H55BrN+. The Hall–Kier alpha value is -7.61. The lowest BCUT2D eigenvalue weighted by Crippen LogP contribution is -2.28. The molecule has 9 aromatic rings. The second kappa shape index (κ2) is 19.7. The molecular weight excluding hydrogens is 887 g/mol. The highest BCUT2D eigenvalue weighted by atomic mass is 79.9. The summed E-state index contributed by atoms with van der Waals surface area (Å²) in [5, 5.41) is 0. The molecule has 0 atom stereocenters. The maximum absolute atomic E-state index is 5.40. The van der Waals surface area contributed by atoms with Gasteiger partial charge in [-0.25, -0.2) is 0 Å². The van der Waals surface area contributed by atoms with E-state index in [1.807, 2.05) is 25.2 Å². The van der Waals surface area contributed by atoms with E-state index in [-0.39, 0.29) is 18.3 Å². The van der Waals surface area contributed by atoms with Gasteiger partial charge in [-0.05, 0) is 110 Å². The SMILES string of the molecule is Brc1cccc(C2(c3ccccc3)c3ccccc3-c3ccccc32)c1.C.CC1=CC(N)=[C+]C=C1.Cc1cccc(Cc2cccc(C3(c4ccccc4)c4ccccc4-c4ccccc43)c2)c1. The number of aryl methyl sites for hydroxylation is 1. The predicted octanol–water partition coefficient (Wildman–Crippen LogP) is 16.5. The number of hydrogen-bond donors (Lipinski definition) is 1. The van der Waals surface area contributed by atoms with Crippen LogP contribution >= 0.6 is 15.9 Å². The first-order valence-corrected chi connectivity index (χ1v) is 23.8. The summed E-state index contributed by atoms with van der Waals surface area (Å²) in [5.74, 6) is 0. The minimum Gasteiger partial charge on any atom is -0.369 e. The van der Waals surface area contributed by atoms with Crippen molar-refractivity contribution in [3.8, 4) is 22.3 Å². The van der Waals surface area contributed by atoms with Crippen LogP contribution < -0.4 is 5.73 Å². The van der Waals surface area contributed by atoms with Crippen molar-refractivity contribution in [3.05, 3.63) is 332 Å². The van der Waals surface area contributed by atoms with Crippen LogP contribution in [0.25, 0.3) is 22.3 Å². The summed E-state index contributed by atoms with van der Waals surface area (Å²) in [6, 6.07) is 84.1. The maximum atomic E-state index is 5.40. The van der Waals surface area contributed by atoms with Gasteiger partial charge in [0.25, 0.3) is 0 Å². The number of fused-ring (bicyclic) bond motifs is 6. The Labute approximate surface area is 411 Å². The van der Waals surface area contributed by atoms with Gasteiger partial charge in [0.1, 0.15) is 6.08 Å². The number of nitrogens with two attached hydrogens (primary N) is 1. The van der Waals surface area contributed by atoms with Gasteiger partial charge in [0.15, 0.2) is 0 Å². The van der Waals surface area contributed by atoms with Crippen LogP contribution in [-0.4, -0.2) is 0 Å². The largest absolute Gasteiger partial charge is 0.369 e. The minimum absolute atomic E-state index is 0. The van der Waals surface area contributed by atoms with E-state index in [1.54, 1.807) is 0 Å². The zero-order valence-corrected chi connectivity index (χ0v) is 39.4. The number of halogens is 1. The number of rotatable bonds is 6. The Balaban J connectivity index is 0.000000147. The van der Waals surface area contributed by atoms with E-state index in [2.05, 4.69) is 259 Å². The maximum Gasteiger partial charge on any atom is 0.200 e. The second-order valence-corrected chi connectivity index (χ2v) is 18.5. The van der Waals surface area contributed by atoms with Crippen LogP contribution in [0.15, 0.2) is 264 Å². The van der Waals surface area contributed by atoms with E-state index in [9.17, 15) is 0 Å². The monoisotopic (exact) mass is 940 g/mol. The fraction of sp³-hybridized carbons (Fsp3) is 0.0909. The molecule has 0 aromatic heterocycles. The van der Waals surface area contributed by atoms with E-state index in [4.69, 9.17) is 5.73 Å². The molecule has 0 aliphatic heterocycles. The summed E-state index contributed by atoms with van der Waals surface area (Å²) < 4.78 is 1.10. The standard InChI is InChI=1S/C33H26.C25H17Br.C7H8N.CH4/c1-24-11-9-12-25(21-24)22-26-13-10-16-28(23-26)33(27-14-3-2-4-15-27)31-19-7-5-17-29(31)30-18-6-8-20-32(30)33;26-20-12-8-11-19(17-20)25(18-9-2-1-3-10-18)23-15-6-4-13-21(23)22-14-5-7-16-24(22)25;1-6-3-2-4-7(8)5-6;/h2-21,23H,22H2,1H3;1-17H;2-3,5H,8H2,1H3;1H4/q;;+1;. The third-order valence-electron chi connectivity index (χ3n) is 13.4. The molecule has 330 valence electrons. The van der Waals surface area contributed by atoms with Crippen LogP contribution in [-0.2, 0) is 17.3 Å². The predicted molar refractivity (Wildman–Crippen MR) is 290 cm³/mol. The van der Waals surface area contributed by atoms with Crippen molar-refractivity contribution in [3.63, 3.8) is 0 Å². The van der Waals surface area contributed by atoms with Crippen LogP contribution in [0.4, 0.5) is 0 Å². The third kappa shape index (κ3) is 8.28. The van der Waals surface area contributed by atoms with Crippen LogP contribution in [0.1, 0.15) is 75.5 Å². The third-order valence-corrected chi connectivity index (χ3v) is 13.9. The van der Waals surface area contributed by atoms with Crippen molar-refractivity contribution in [2.24, 2.45) is 5.73 Å². The number of benzene rings is 9. The topological polar surface area (TPSA) is 26.0 Å². The van der Waals surface area contributed by atoms with Crippen molar-refractivity contribution < 1.29 is 0 Å². The molecule has 68 heavy (non-hydrogen) atoms. The molecule has 2 N–H and O–H groups in total. The second-order valence-electron chi connectivity index (χ2n) is 17.6. The fourth-order valence-corrected chi connectivity index (χ4v) is 11.1. The van der Waals surface area contributed by atoms with E-state index in [0.29, 0.717) is 5.70 Å². The van der Waals surface area contributed by atoms with Crippen LogP contribution in [0.5, 0.6) is 0 Å². The zero-order chi connectivity index (χ0) is 45.8. The summed E-state index contributed by atoms with van der Waals surface area (Å²) in [6.07, 6.45) is 9.47. The van der Waals surface area contributed by atoms with Gasteiger partial charge in [-0.15, -0.1) is 0 Å². The summed E-state index contributed by atoms with van der Waals surface area (Å²) in [7, 11) is 0. The summed E-state index contributed by atoms with van der Waals surface area (Å²) in [6.45, 7) is 4.17. The Morgan fingerprint density at radius 1 is 0.426 bits per heavy atom. The Morgan fingerprint density at radius 3 is 1.25 bits per heavy atom. The smallest absolute Gasteiger partial charge is 0.200 e. The Kier molecular flexibility index (Phi) is 13.2. The zero-order valence-electron chi connectivity index (χ0n) is 37.8. The first-order chi connectivity index (χ1) is 32.9. The quantitative estimate of drug-likeness (QED) is 0.165. The molecule has 0 unspecified atom stereocenters. The molecule has 0 heterocycles. The molecule has 0 spiro atoms. The van der Waals surface area contributed by atoms with Gasteiger partial charge >= 0.3 is 0 Å². The van der Waals surface area contributed by atoms with Gasteiger partial charge < -0.3 is 5.73 Å².